The van der Waals surface area contributed by atoms with Gasteiger partial charge in [0.05, 0.1) is 6.10 Å². The lowest BCUT2D eigenvalue weighted by molar-refractivity contribution is 0.154. The summed E-state index contributed by atoms with van der Waals surface area (Å²) in [4.78, 5) is 0. The number of benzene rings is 1. The van der Waals surface area contributed by atoms with Crippen LogP contribution in [-0.2, 0) is 12.8 Å². The van der Waals surface area contributed by atoms with E-state index in [0.29, 0.717) is 0 Å². The van der Waals surface area contributed by atoms with Crippen LogP contribution in [0.4, 0.5) is 0 Å². The molecule has 1 nitrogen and oxygen atoms in total. The lowest BCUT2D eigenvalue weighted by Crippen LogP contribution is -2.07. The largest absolute Gasteiger partial charge is 0.393 e. The van der Waals surface area contributed by atoms with Crippen molar-refractivity contribution in [2.75, 3.05) is 0 Å². The Morgan fingerprint density at radius 3 is 1.94 bits per heavy atom. The Hall–Kier alpha value is -0.820. The second-order valence-corrected chi connectivity index (χ2v) is 4.55. The summed E-state index contributed by atoms with van der Waals surface area (Å²) in [5.74, 6) is 0. The molecule has 1 atom stereocenters. The van der Waals surface area contributed by atoms with Crippen molar-refractivity contribution in [2.24, 2.45) is 0 Å². The van der Waals surface area contributed by atoms with Crippen LogP contribution in [0.25, 0.3) is 0 Å². The van der Waals surface area contributed by atoms with Crippen molar-refractivity contribution in [1.29, 1.82) is 0 Å². The van der Waals surface area contributed by atoms with Crippen molar-refractivity contribution in [3.63, 3.8) is 0 Å². The molecule has 0 amide bonds. The Morgan fingerprint density at radius 1 is 0.875 bits per heavy atom. The van der Waals surface area contributed by atoms with E-state index >= 15 is 0 Å². The third-order valence-corrected chi connectivity index (χ3v) is 2.95. The lowest BCUT2D eigenvalue weighted by Gasteiger charge is -2.09. The Morgan fingerprint density at radius 2 is 1.44 bits per heavy atom. The first kappa shape index (κ1) is 13.2. The zero-order chi connectivity index (χ0) is 11.8. The molecular formula is C15H24O. The van der Waals surface area contributed by atoms with Gasteiger partial charge in [0.25, 0.3) is 0 Å². The normalized spacial score (nSPS) is 12.7. The van der Waals surface area contributed by atoms with Crippen molar-refractivity contribution in [3.05, 3.63) is 35.4 Å². The fraction of sp³-hybridized carbons (Fsp3) is 0.600. The maximum atomic E-state index is 9.65. The van der Waals surface area contributed by atoms with Crippen molar-refractivity contribution in [3.8, 4) is 0 Å². The third-order valence-electron chi connectivity index (χ3n) is 2.95. The van der Waals surface area contributed by atoms with Crippen LogP contribution in [0, 0.1) is 0 Å². The summed E-state index contributed by atoms with van der Waals surface area (Å²) in [6.45, 7) is 4.32. The van der Waals surface area contributed by atoms with Crippen LogP contribution in [0.2, 0.25) is 0 Å². The van der Waals surface area contributed by atoms with Crippen molar-refractivity contribution in [2.45, 2.75) is 58.5 Å². The van der Waals surface area contributed by atoms with Gasteiger partial charge in [-0.2, -0.15) is 0 Å². The monoisotopic (exact) mass is 220 g/mol. The van der Waals surface area contributed by atoms with Gasteiger partial charge in [-0.15, -0.1) is 0 Å². The van der Waals surface area contributed by atoms with Crippen molar-refractivity contribution < 1.29 is 5.11 Å². The van der Waals surface area contributed by atoms with E-state index in [0.717, 1.165) is 25.7 Å². The average Bonchev–Trinajstić information content (AvgIpc) is 2.29. The molecular weight excluding hydrogens is 196 g/mol. The van der Waals surface area contributed by atoms with Gasteiger partial charge in [-0.3, -0.25) is 0 Å². The van der Waals surface area contributed by atoms with Crippen LogP contribution >= 0.6 is 0 Å². The minimum atomic E-state index is -0.125. The first-order chi connectivity index (χ1) is 7.76. The molecule has 1 N–H and O–H groups in total. The second kappa shape index (κ2) is 7.45. The Balaban J connectivity index is 2.37. The quantitative estimate of drug-likeness (QED) is 0.742. The molecule has 0 aromatic heterocycles. The van der Waals surface area contributed by atoms with Gasteiger partial charge in [0.2, 0.25) is 0 Å². The lowest BCUT2D eigenvalue weighted by atomic mass is 10.0. The molecule has 16 heavy (non-hydrogen) atoms. The second-order valence-electron chi connectivity index (χ2n) is 4.55. The van der Waals surface area contributed by atoms with Gasteiger partial charge >= 0.3 is 0 Å². The fourth-order valence-corrected chi connectivity index (χ4v) is 1.97. The van der Waals surface area contributed by atoms with Crippen LogP contribution in [0.3, 0.4) is 0 Å². The zero-order valence-electron chi connectivity index (χ0n) is 10.6. The first-order valence-corrected chi connectivity index (χ1v) is 6.52. The molecule has 1 heteroatoms. The predicted molar refractivity (Wildman–Crippen MR) is 69.7 cm³/mol. The van der Waals surface area contributed by atoms with Crippen LogP contribution < -0.4 is 0 Å². The van der Waals surface area contributed by atoms with Crippen LogP contribution in [0.15, 0.2) is 24.3 Å². The van der Waals surface area contributed by atoms with E-state index in [1.54, 1.807) is 0 Å². The molecule has 0 radical (unpaired) electrons. The molecule has 0 bridgehead atoms. The van der Waals surface area contributed by atoms with Crippen LogP contribution in [0.5, 0.6) is 0 Å². The molecule has 0 aliphatic rings. The Kier molecular flexibility index (Phi) is 6.17. The van der Waals surface area contributed by atoms with E-state index in [1.165, 1.54) is 24.0 Å². The molecule has 0 fully saturated rings. The fourth-order valence-electron chi connectivity index (χ4n) is 1.97. The van der Waals surface area contributed by atoms with E-state index in [1.807, 2.05) is 0 Å². The highest BCUT2D eigenvalue weighted by molar-refractivity contribution is 5.22. The number of aliphatic hydroxyl groups is 1. The molecule has 0 saturated carbocycles. The topological polar surface area (TPSA) is 20.2 Å². The van der Waals surface area contributed by atoms with E-state index in [9.17, 15) is 5.11 Å². The maximum Gasteiger partial charge on any atom is 0.0543 e. The Bertz CT molecular complexity index is 276. The summed E-state index contributed by atoms with van der Waals surface area (Å²) in [5.41, 5.74) is 2.76. The van der Waals surface area contributed by atoms with Gasteiger partial charge in [-0.05, 0) is 36.8 Å². The van der Waals surface area contributed by atoms with Gasteiger partial charge in [-0.25, -0.2) is 0 Å². The van der Waals surface area contributed by atoms with Gasteiger partial charge in [0.1, 0.15) is 0 Å². The SMILES string of the molecule is CCCc1ccc(CCC(O)CCC)cc1. The number of rotatable bonds is 7. The first-order valence-electron chi connectivity index (χ1n) is 6.52. The highest BCUT2D eigenvalue weighted by Gasteiger charge is 2.03. The average molecular weight is 220 g/mol. The smallest absolute Gasteiger partial charge is 0.0543 e. The molecule has 0 spiro atoms. The van der Waals surface area contributed by atoms with E-state index in [-0.39, 0.29) is 6.10 Å². The number of hydrogen-bond donors (Lipinski definition) is 1. The van der Waals surface area contributed by atoms with E-state index in [2.05, 4.69) is 38.1 Å². The minimum absolute atomic E-state index is 0.125. The zero-order valence-corrected chi connectivity index (χ0v) is 10.6. The van der Waals surface area contributed by atoms with E-state index in [4.69, 9.17) is 0 Å². The molecule has 1 aromatic carbocycles. The Labute approximate surface area is 99.5 Å². The van der Waals surface area contributed by atoms with Gasteiger partial charge in [-0.1, -0.05) is 51.0 Å². The van der Waals surface area contributed by atoms with Crippen LogP contribution in [-0.4, -0.2) is 11.2 Å². The van der Waals surface area contributed by atoms with Gasteiger partial charge in [0.15, 0.2) is 0 Å². The number of aliphatic hydroxyl groups excluding tert-OH is 1. The predicted octanol–water partition coefficient (Wildman–Crippen LogP) is 3.73. The summed E-state index contributed by atoms with van der Waals surface area (Å²) in [5, 5.41) is 9.65. The molecule has 0 saturated heterocycles. The van der Waals surface area contributed by atoms with Crippen LogP contribution in [0.1, 0.15) is 50.7 Å². The number of hydrogen-bond acceptors (Lipinski definition) is 1. The summed E-state index contributed by atoms with van der Waals surface area (Å²) >= 11 is 0. The molecule has 0 heterocycles. The van der Waals surface area contributed by atoms with Gasteiger partial charge in [0, 0.05) is 0 Å². The minimum Gasteiger partial charge on any atom is -0.393 e. The summed E-state index contributed by atoms with van der Waals surface area (Å²) in [6.07, 6.45) is 6.12. The standard InChI is InChI=1S/C15H24O/c1-3-5-13-7-9-14(10-8-13)11-12-15(16)6-4-2/h7-10,15-16H,3-6,11-12H2,1-2H3. The van der Waals surface area contributed by atoms with Crippen molar-refractivity contribution >= 4 is 0 Å². The van der Waals surface area contributed by atoms with E-state index < -0.39 is 0 Å². The highest BCUT2D eigenvalue weighted by atomic mass is 16.3. The molecule has 1 rings (SSSR count). The molecule has 0 aliphatic heterocycles. The maximum absolute atomic E-state index is 9.65. The summed E-state index contributed by atoms with van der Waals surface area (Å²) < 4.78 is 0. The van der Waals surface area contributed by atoms with Gasteiger partial charge < -0.3 is 5.11 Å². The highest BCUT2D eigenvalue weighted by Crippen LogP contribution is 2.11. The molecule has 90 valence electrons. The molecule has 1 unspecified atom stereocenters. The molecule has 0 aliphatic carbocycles. The number of aryl methyl sites for hydroxylation is 2. The molecule has 1 aromatic rings. The summed E-state index contributed by atoms with van der Waals surface area (Å²) in [7, 11) is 0. The summed E-state index contributed by atoms with van der Waals surface area (Å²) in [6, 6.07) is 8.82. The van der Waals surface area contributed by atoms with Crippen molar-refractivity contribution in [1.82, 2.24) is 0 Å². The third kappa shape index (κ3) is 4.80.